The normalized spacial score (nSPS) is 10.1. The van der Waals surface area contributed by atoms with Crippen LogP contribution in [0.5, 0.6) is 0 Å². The van der Waals surface area contributed by atoms with E-state index in [1.807, 2.05) is 37.3 Å². The minimum absolute atomic E-state index is 0.242. The number of hydrogen-bond acceptors (Lipinski definition) is 2. The molecule has 0 bridgehead atoms. The van der Waals surface area contributed by atoms with E-state index >= 15 is 0 Å². The second-order valence-corrected chi connectivity index (χ2v) is 5.30. The van der Waals surface area contributed by atoms with Crippen LogP contribution in [0, 0.1) is 6.92 Å². The van der Waals surface area contributed by atoms with Gasteiger partial charge >= 0.3 is 6.03 Å². The average Bonchev–Trinajstić information content (AvgIpc) is 2.43. The van der Waals surface area contributed by atoms with Gasteiger partial charge in [-0.05, 0) is 36.6 Å². The van der Waals surface area contributed by atoms with Crippen molar-refractivity contribution in [1.29, 1.82) is 0 Å². The van der Waals surface area contributed by atoms with Gasteiger partial charge in [-0.2, -0.15) is 0 Å². The summed E-state index contributed by atoms with van der Waals surface area (Å²) >= 11 is 3.49. The monoisotopic (exact) mass is 333 g/mol. The van der Waals surface area contributed by atoms with Gasteiger partial charge in [0.05, 0.1) is 0 Å². The van der Waals surface area contributed by atoms with Crippen LogP contribution in [-0.2, 0) is 6.42 Å². The molecule has 0 saturated carbocycles. The molecule has 0 fully saturated rings. The first-order chi connectivity index (χ1) is 9.65. The van der Waals surface area contributed by atoms with E-state index in [9.17, 15) is 4.79 Å². The van der Waals surface area contributed by atoms with Crippen molar-refractivity contribution in [2.24, 2.45) is 0 Å². The SMILES string of the molecule is Cc1ccc(NC(=O)NCCc2ccccc2Br)nc1. The summed E-state index contributed by atoms with van der Waals surface area (Å²) in [6, 6.07) is 11.4. The maximum absolute atomic E-state index is 11.7. The smallest absolute Gasteiger partial charge is 0.320 e. The number of nitrogens with zero attached hydrogens (tertiary/aromatic N) is 1. The third kappa shape index (κ3) is 4.35. The third-order valence-corrected chi connectivity index (χ3v) is 3.56. The zero-order valence-electron chi connectivity index (χ0n) is 11.2. The molecule has 5 heteroatoms. The molecule has 0 aliphatic heterocycles. The molecular weight excluding hydrogens is 318 g/mol. The number of pyridine rings is 1. The lowest BCUT2D eigenvalue weighted by atomic mass is 10.1. The number of carbonyl (C=O) groups is 1. The van der Waals surface area contributed by atoms with E-state index in [1.165, 1.54) is 5.56 Å². The molecule has 0 radical (unpaired) electrons. The van der Waals surface area contributed by atoms with Crippen LogP contribution in [-0.4, -0.2) is 17.6 Å². The van der Waals surface area contributed by atoms with Gasteiger partial charge in [-0.25, -0.2) is 9.78 Å². The van der Waals surface area contributed by atoms with Gasteiger partial charge in [0.1, 0.15) is 5.82 Å². The third-order valence-electron chi connectivity index (χ3n) is 2.79. The van der Waals surface area contributed by atoms with Crippen molar-refractivity contribution in [2.45, 2.75) is 13.3 Å². The molecule has 0 spiro atoms. The lowest BCUT2D eigenvalue weighted by Crippen LogP contribution is -2.30. The van der Waals surface area contributed by atoms with Gasteiger partial charge in [-0.15, -0.1) is 0 Å². The van der Waals surface area contributed by atoms with Crippen molar-refractivity contribution in [3.05, 3.63) is 58.2 Å². The molecule has 1 aromatic carbocycles. The quantitative estimate of drug-likeness (QED) is 0.899. The summed E-state index contributed by atoms with van der Waals surface area (Å²) in [5.41, 5.74) is 2.23. The number of aromatic nitrogens is 1. The highest BCUT2D eigenvalue weighted by molar-refractivity contribution is 9.10. The van der Waals surface area contributed by atoms with Gasteiger partial charge < -0.3 is 5.32 Å². The van der Waals surface area contributed by atoms with Crippen molar-refractivity contribution in [3.63, 3.8) is 0 Å². The Morgan fingerprint density at radius 1 is 1.25 bits per heavy atom. The summed E-state index contributed by atoms with van der Waals surface area (Å²) in [6.45, 7) is 2.52. The number of halogens is 1. The number of rotatable bonds is 4. The Bertz CT molecular complexity index is 584. The Labute approximate surface area is 126 Å². The van der Waals surface area contributed by atoms with Crippen LogP contribution >= 0.6 is 15.9 Å². The molecule has 1 heterocycles. The number of amides is 2. The minimum atomic E-state index is -0.242. The largest absolute Gasteiger partial charge is 0.337 e. The molecule has 2 amide bonds. The number of carbonyl (C=O) groups excluding carboxylic acids is 1. The Morgan fingerprint density at radius 3 is 2.75 bits per heavy atom. The fraction of sp³-hybridized carbons (Fsp3) is 0.200. The maximum Gasteiger partial charge on any atom is 0.320 e. The highest BCUT2D eigenvalue weighted by Crippen LogP contribution is 2.15. The molecule has 2 aromatic rings. The summed E-state index contributed by atoms with van der Waals surface area (Å²) in [7, 11) is 0. The molecule has 2 rings (SSSR count). The van der Waals surface area contributed by atoms with Crippen LogP contribution in [0.1, 0.15) is 11.1 Å². The van der Waals surface area contributed by atoms with Gasteiger partial charge in [0, 0.05) is 17.2 Å². The molecule has 0 aliphatic carbocycles. The van der Waals surface area contributed by atoms with Gasteiger partial charge in [0.2, 0.25) is 0 Å². The number of anilines is 1. The van der Waals surface area contributed by atoms with Gasteiger partial charge in [0.25, 0.3) is 0 Å². The van der Waals surface area contributed by atoms with Crippen LogP contribution in [0.4, 0.5) is 10.6 Å². The summed E-state index contributed by atoms with van der Waals surface area (Å²) < 4.78 is 1.06. The minimum Gasteiger partial charge on any atom is -0.337 e. The van der Waals surface area contributed by atoms with Crippen LogP contribution < -0.4 is 10.6 Å². The molecule has 104 valence electrons. The highest BCUT2D eigenvalue weighted by atomic mass is 79.9. The fourth-order valence-corrected chi connectivity index (χ4v) is 2.20. The maximum atomic E-state index is 11.7. The van der Waals surface area contributed by atoms with E-state index in [2.05, 4.69) is 31.5 Å². The van der Waals surface area contributed by atoms with E-state index in [0.717, 1.165) is 16.5 Å². The second kappa shape index (κ2) is 7.05. The summed E-state index contributed by atoms with van der Waals surface area (Å²) in [4.78, 5) is 15.8. The summed E-state index contributed by atoms with van der Waals surface area (Å²) in [6.07, 6.45) is 2.49. The topological polar surface area (TPSA) is 54.0 Å². The fourth-order valence-electron chi connectivity index (χ4n) is 1.71. The van der Waals surface area contributed by atoms with Crippen molar-refractivity contribution < 1.29 is 4.79 Å². The number of urea groups is 1. The average molecular weight is 334 g/mol. The van der Waals surface area contributed by atoms with Gasteiger partial charge in [-0.1, -0.05) is 40.2 Å². The molecular formula is C15H16BrN3O. The Kier molecular flexibility index (Phi) is 5.12. The Morgan fingerprint density at radius 2 is 2.05 bits per heavy atom. The lowest BCUT2D eigenvalue weighted by molar-refractivity contribution is 0.252. The molecule has 4 nitrogen and oxygen atoms in total. The van der Waals surface area contributed by atoms with E-state index < -0.39 is 0 Å². The molecule has 1 aromatic heterocycles. The van der Waals surface area contributed by atoms with Crippen LogP contribution in [0.25, 0.3) is 0 Å². The molecule has 2 N–H and O–H groups in total. The number of nitrogens with one attached hydrogen (secondary N) is 2. The van der Waals surface area contributed by atoms with Crippen molar-refractivity contribution in [2.75, 3.05) is 11.9 Å². The van der Waals surface area contributed by atoms with Gasteiger partial charge in [-0.3, -0.25) is 5.32 Å². The predicted octanol–water partition coefficient (Wildman–Crippen LogP) is 3.52. The molecule has 0 atom stereocenters. The Hall–Kier alpha value is -1.88. The number of hydrogen-bond donors (Lipinski definition) is 2. The van der Waals surface area contributed by atoms with Crippen molar-refractivity contribution in [1.82, 2.24) is 10.3 Å². The number of benzene rings is 1. The number of aryl methyl sites for hydroxylation is 1. The van der Waals surface area contributed by atoms with Gasteiger partial charge in [0.15, 0.2) is 0 Å². The summed E-state index contributed by atoms with van der Waals surface area (Å²) in [5.74, 6) is 0.550. The standard InChI is InChI=1S/C15H16BrN3O/c1-11-6-7-14(18-10-11)19-15(20)17-9-8-12-4-2-3-5-13(12)16/h2-7,10H,8-9H2,1H3,(H2,17,18,19,20). The van der Waals surface area contributed by atoms with Crippen LogP contribution in [0.2, 0.25) is 0 Å². The van der Waals surface area contributed by atoms with Crippen molar-refractivity contribution in [3.8, 4) is 0 Å². The van der Waals surface area contributed by atoms with E-state index in [0.29, 0.717) is 12.4 Å². The molecule has 0 saturated heterocycles. The lowest BCUT2D eigenvalue weighted by Gasteiger charge is -2.08. The van der Waals surface area contributed by atoms with Crippen LogP contribution in [0.3, 0.4) is 0 Å². The highest BCUT2D eigenvalue weighted by Gasteiger charge is 2.03. The molecule has 20 heavy (non-hydrogen) atoms. The Balaban J connectivity index is 1.78. The molecule has 0 unspecified atom stereocenters. The second-order valence-electron chi connectivity index (χ2n) is 4.44. The van der Waals surface area contributed by atoms with E-state index in [-0.39, 0.29) is 6.03 Å². The predicted molar refractivity (Wildman–Crippen MR) is 83.8 cm³/mol. The van der Waals surface area contributed by atoms with Crippen molar-refractivity contribution >= 4 is 27.8 Å². The van der Waals surface area contributed by atoms with Crippen LogP contribution in [0.15, 0.2) is 47.1 Å². The zero-order valence-corrected chi connectivity index (χ0v) is 12.8. The first-order valence-electron chi connectivity index (χ1n) is 6.36. The van der Waals surface area contributed by atoms with E-state index in [4.69, 9.17) is 0 Å². The summed E-state index contributed by atoms with van der Waals surface area (Å²) in [5, 5.41) is 5.51. The first-order valence-corrected chi connectivity index (χ1v) is 7.15. The molecule has 0 aliphatic rings. The first kappa shape index (κ1) is 14.5. The zero-order chi connectivity index (χ0) is 14.4. The van der Waals surface area contributed by atoms with E-state index in [1.54, 1.807) is 12.3 Å².